The van der Waals surface area contributed by atoms with Gasteiger partial charge in [-0.25, -0.2) is 0 Å². The summed E-state index contributed by atoms with van der Waals surface area (Å²) in [6, 6.07) is 1.75. The third-order valence-electron chi connectivity index (χ3n) is 1.00. The smallest absolute Gasteiger partial charge is 0.161 e. The fourth-order valence-corrected chi connectivity index (χ4v) is 0.745. The molecule has 0 saturated carbocycles. The first-order valence-electron chi connectivity index (χ1n) is 3.19. The van der Waals surface area contributed by atoms with Crippen molar-refractivity contribution in [3.63, 3.8) is 0 Å². The Morgan fingerprint density at radius 2 is 2.18 bits per heavy atom. The number of hydrogen-bond acceptors (Lipinski definition) is 2. The fraction of sp³-hybridized carbons (Fsp3) is 0.375. The van der Waals surface area contributed by atoms with Crippen LogP contribution in [-0.4, -0.2) is 10.2 Å². The second kappa shape index (κ2) is 4.95. The molecular weight excluding hydrogens is 162 g/mol. The van der Waals surface area contributed by atoms with Crippen LogP contribution in [0.2, 0.25) is 0 Å². The Kier molecular flexibility index (Phi) is 4.60. The van der Waals surface area contributed by atoms with Gasteiger partial charge in [0, 0.05) is 13.3 Å². The Labute approximate surface area is 71.4 Å². The zero-order valence-electron chi connectivity index (χ0n) is 6.29. The highest BCUT2D eigenvalue weighted by molar-refractivity contribution is 6.24. The number of rotatable bonds is 0. The first kappa shape index (κ1) is 10.2. The molecule has 1 aliphatic carbocycles. The van der Waals surface area contributed by atoms with E-state index >= 15 is 0 Å². The zero-order valence-corrected chi connectivity index (χ0v) is 7.04. The van der Waals surface area contributed by atoms with Gasteiger partial charge in [0.15, 0.2) is 5.06 Å². The lowest BCUT2D eigenvalue weighted by Crippen LogP contribution is -2.16. The first-order valence-corrected chi connectivity index (χ1v) is 3.56. The topological polar surface area (TPSA) is 44.0 Å². The maximum Gasteiger partial charge on any atom is 0.161 e. The van der Waals surface area contributed by atoms with E-state index in [2.05, 4.69) is 0 Å². The molecular formula is C8H10ClNO. The van der Waals surface area contributed by atoms with Gasteiger partial charge in [0.1, 0.15) is 0 Å². The van der Waals surface area contributed by atoms with Gasteiger partial charge < -0.3 is 5.11 Å². The summed E-state index contributed by atoms with van der Waals surface area (Å²) in [5.74, 6) is 0. The lowest BCUT2D eigenvalue weighted by atomic mass is 10.1. The van der Waals surface area contributed by atoms with Crippen molar-refractivity contribution in [2.45, 2.75) is 18.4 Å². The van der Waals surface area contributed by atoms with E-state index in [1.807, 2.05) is 12.2 Å². The third kappa shape index (κ3) is 5.65. The molecule has 0 fully saturated rings. The minimum atomic E-state index is -1.12. The van der Waals surface area contributed by atoms with Crippen LogP contribution in [0.15, 0.2) is 24.3 Å². The number of hydrogen-bond donors (Lipinski definition) is 1. The summed E-state index contributed by atoms with van der Waals surface area (Å²) in [5, 5.41) is 15.2. The van der Waals surface area contributed by atoms with Gasteiger partial charge in [0.05, 0.1) is 6.07 Å². The zero-order chi connectivity index (χ0) is 8.74. The molecule has 0 bridgehead atoms. The van der Waals surface area contributed by atoms with Crippen LogP contribution in [0.5, 0.6) is 0 Å². The Bertz CT molecular complexity index is 201. The fourth-order valence-electron chi connectivity index (χ4n) is 0.583. The van der Waals surface area contributed by atoms with Gasteiger partial charge in [-0.3, -0.25) is 0 Å². The predicted octanol–water partition coefficient (Wildman–Crippen LogP) is 1.96. The van der Waals surface area contributed by atoms with Crippen LogP contribution < -0.4 is 0 Å². The highest BCUT2D eigenvalue weighted by Gasteiger charge is 2.17. The van der Waals surface area contributed by atoms with Gasteiger partial charge >= 0.3 is 0 Å². The van der Waals surface area contributed by atoms with Crippen molar-refractivity contribution in [3.8, 4) is 6.07 Å². The van der Waals surface area contributed by atoms with Crippen molar-refractivity contribution < 1.29 is 5.11 Å². The average Bonchev–Trinajstić information content (AvgIpc) is 1.88. The van der Waals surface area contributed by atoms with Crippen molar-refractivity contribution in [1.29, 1.82) is 5.26 Å². The standard InChI is InChI=1S/C6H7ClO.C2H3N/c7-6(8)4-2-1-3-5-6;1-2-3/h1-4,8H,5H2;1H3. The molecule has 60 valence electrons. The quantitative estimate of drug-likeness (QED) is 0.567. The Morgan fingerprint density at radius 3 is 2.36 bits per heavy atom. The molecule has 0 aromatic heterocycles. The minimum absolute atomic E-state index is 0.505. The molecule has 1 aliphatic rings. The number of alkyl halides is 1. The second-order valence-corrected chi connectivity index (χ2v) is 2.69. The molecule has 0 heterocycles. The van der Waals surface area contributed by atoms with Crippen LogP contribution in [-0.2, 0) is 0 Å². The van der Waals surface area contributed by atoms with E-state index < -0.39 is 5.06 Å². The maximum absolute atomic E-state index is 9.00. The van der Waals surface area contributed by atoms with E-state index in [1.54, 1.807) is 18.2 Å². The van der Waals surface area contributed by atoms with E-state index in [4.69, 9.17) is 22.0 Å². The van der Waals surface area contributed by atoms with Crippen molar-refractivity contribution in [1.82, 2.24) is 0 Å². The summed E-state index contributed by atoms with van der Waals surface area (Å²) in [7, 11) is 0. The molecule has 0 aliphatic heterocycles. The number of aliphatic hydroxyl groups is 1. The van der Waals surface area contributed by atoms with Crippen molar-refractivity contribution in [2.75, 3.05) is 0 Å². The molecule has 1 rings (SSSR count). The normalized spacial score (nSPS) is 26.7. The second-order valence-electron chi connectivity index (χ2n) is 2.03. The highest BCUT2D eigenvalue weighted by atomic mass is 35.5. The molecule has 11 heavy (non-hydrogen) atoms. The minimum Gasteiger partial charge on any atom is -0.371 e. The Hall–Kier alpha value is -0.780. The van der Waals surface area contributed by atoms with Crippen molar-refractivity contribution in [3.05, 3.63) is 24.3 Å². The Morgan fingerprint density at radius 1 is 1.64 bits per heavy atom. The summed E-state index contributed by atoms with van der Waals surface area (Å²) < 4.78 is 0. The van der Waals surface area contributed by atoms with Gasteiger partial charge in [-0.15, -0.1) is 0 Å². The maximum atomic E-state index is 9.00. The van der Waals surface area contributed by atoms with Gasteiger partial charge in [-0.2, -0.15) is 5.26 Å². The summed E-state index contributed by atoms with van der Waals surface area (Å²) in [4.78, 5) is 0. The van der Waals surface area contributed by atoms with Gasteiger partial charge in [-0.1, -0.05) is 29.8 Å². The lowest BCUT2D eigenvalue weighted by molar-refractivity contribution is 0.182. The molecule has 1 unspecified atom stereocenters. The van der Waals surface area contributed by atoms with Crippen LogP contribution in [0.1, 0.15) is 13.3 Å². The van der Waals surface area contributed by atoms with Gasteiger partial charge in [0.25, 0.3) is 0 Å². The monoisotopic (exact) mass is 171 g/mol. The summed E-state index contributed by atoms with van der Waals surface area (Å²) in [6.07, 6.45) is 7.49. The number of halogens is 1. The van der Waals surface area contributed by atoms with E-state index in [9.17, 15) is 0 Å². The van der Waals surface area contributed by atoms with Gasteiger partial charge in [-0.05, 0) is 6.08 Å². The Balaban J connectivity index is 0.000000292. The van der Waals surface area contributed by atoms with E-state index in [0.717, 1.165) is 0 Å². The summed E-state index contributed by atoms with van der Waals surface area (Å²) >= 11 is 5.49. The van der Waals surface area contributed by atoms with Crippen LogP contribution in [0.25, 0.3) is 0 Å². The van der Waals surface area contributed by atoms with Crippen LogP contribution >= 0.6 is 11.6 Å². The molecule has 0 saturated heterocycles. The summed E-state index contributed by atoms with van der Waals surface area (Å²) in [6.45, 7) is 1.43. The molecule has 2 nitrogen and oxygen atoms in total. The van der Waals surface area contributed by atoms with Gasteiger partial charge in [0.2, 0.25) is 0 Å². The molecule has 0 aromatic carbocycles. The highest BCUT2D eigenvalue weighted by Crippen LogP contribution is 2.20. The molecule has 0 spiro atoms. The molecule has 0 amide bonds. The third-order valence-corrected chi connectivity index (χ3v) is 1.28. The number of nitriles is 1. The van der Waals surface area contributed by atoms with E-state index in [1.165, 1.54) is 6.92 Å². The lowest BCUT2D eigenvalue weighted by Gasteiger charge is -2.14. The molecule has 3 heteroatoms. The molecule has 1 atom stereocenters. The first-order chi connectivity index (χ1) is 5.12. The molecule has 0 radical (unpaired) electrons. The largest absolute Gasteiger partial charge is 0.371 e. The average molecular weight is 172 g/mol. The predicted molar refractivity (Wildman–Crippen MR) is 45.0 cm³/mol. The molecule has 1 N–H and O–H groups in total. The van der Waals surface area contributed by atoms with Crippen LogP contribution in [0.4, 0.5) is 0 Å². The SMILES string of the molecule is CC#N.OC1(Cl)C=CC=CC1. The van der Waals surface area contributed by atoms with Crippen LogP contribution in [0.3, 0.4) is 0 Å². The number of allylic oxidation sites excluding steroid dienone is 2. The van der Waals surface area contributed by atoms with E-state index in [-0.39, 0.29) is 0 Å². The van der Waals surface area contributed by atoms with Crippen LogP contribution in [0, 0.1) is 11.3 Å². The van der Waals surface area contributed by atoms with Crippen molar-refractivity contribution in [2.24, 2.45) is 0 Å². The summed E-state index contributed by atoms with van der Waals surface area (Å²) in [5.41, 5.74) is 0. The number of nitrogens with zero attached hydrogens (tertiary/aromatic N) is 1. The van der Waals surface area contributed by atoms with Crippen molar-refractivity contribution >= 4 is 11.6 Å². The van der Waals surface area contributed by atoms with E-state index in [0.29, 0.717) is 6.42 Å². The molecule has 0 aromatic rings.